The normalized spacial score (nSPS) is 13.3. The quantitative estimate of drug-likeness (QED) is 0.527. The lowest BCUT2D eigenvalue weighted by Gasteiger charge is -2.12. The topological polar surface area (TPSA) is 160 Å². The Hall–Kier alpha value is -3.44. The molecule has 1 aliphatic carbocycles. The van der Waals surface area contributed by atoms with Crippen LogP contribution in [0.25, 0.3) is 5.69 Å². The second-order valence-corrected chi connectivity index (χ2v) is 7.18. The number of ether oxygens (including phenoxy) is 1. The molecule has 2 heterocycles. The van der Waals surface area contributed by atoms with Crippen LogP contribution in [0.15, 0.2) is 27.9 Å². The van der Waals surface area contributed by atoms with E-state index < -0.39 is 22.9 Å². The molecule has 3 aromatic rings. The monoisotopic (exact) mass is 451 g/mol. The predicted octanol–water partition coefficient (Wildman–Crippen LogP) is 2.09. The molecule has 2 aromatic heterocycles. The molecule has 0 saturated heterocycles. The van der Waals surface area contributed by atoms with Gasteiger partial charge in [0.15, 0.2) is 11.5 Å². The Kier molecular flexibility index (Phi) is 4.92. The van der Waals surface area contributed by atoms with Crippen LogP contribution in [0.3, 0.4) is 0 Å². The van der Waals surface area contributed by atoms with E-state index >= 15 is 0 Å². The van der Waals surface area contributed by atoms with Crippen LogP contribution >= 0.6 is 23.2 Å². The average molecular weight is 452 g/mol. The number of hydrogen-bond acceptors (Lipinski definition) is 8. The molecular weight excluding hydrogens is 441 g/mol. The number of aromatic amines is 1. The van der Waals surface area contributed by atoms with E-state index in [0.29, 0.717) is 10.4 Å². The molecule has 1 fully saturated rings. The predicted molar refractivity (Wildman–Crippen MR) is 103 cm³/mol. The highest BCUT2D eigenvalue weighted by atomic mass is 35.5. The Balaban J connectivity index is 1.72. The number of hydrogen-bond donors (Lipinski definition) is 3. The minimum Gasteiger partial charge on any atom is -0.504 e. The maximum atomic E-state index is 12.0. The first-order chi connectivity index (χ1) is 14.2. The number of aromatic hydroxyl groups is 1. The molecule has 0 unspecified atom stereocenters. The first-order valence-electron chi connectivity index (χ1n) is 8.44. The van der Waals surface area contributed by atoms with Gasteiger partial charge in [-0.15, -0.1) is 0 Å². The van der Waals surface area contributed by atoms with Crippen LogP contribution in [0.2, 0.25) is 10.0 Å². The number of H-pyrrole nitrogens is 1. The Bertz CT molecular complexity index is 1280. The van der Waals surface area contributed by atoms with Crippen LogP contribution < -0.4 is 16.0 Å². The lowest BCUT2D eigenvalue weighted by Crippen LogP contribution is -2.35. The van der Waals surface area contributed by atoms with E-state index in [0.717, 1.165) is 12.8 Å². The Morgan fingerprint density at radius 2 is 1.90 bits per heavy atom. The second-order valence-electron chi connectivity index (χ2n) is 6.36. The summed E-state index contributed by atoms with van der Waals surface area (Å²) < 4.78 is 6.19. The van der Waals surface area contributed by atoms with Gasteiger partial charge in [0, 0.05) is 5.92 Å². The maximum absolute atomic E-state index is 12.0. The summed E-state index contributed by atoms with van der Waals surface area (Å²) >= 11 is 12.4. The van der Waals surface area contributed by atoms with Crippen LogP contribution in [0.5, 0.6) is 17.5 Å². The summed E-state index contributed by atoms with van der Waals surface area (Å²) in [6.45, 7) is 0. The van der Waals surface area contributed by atoms with E-state index in [-0.39, 0.29) is 39.2 Å². The van der Waals surface area contributed by atoms with E-state index in [1.165, 1.54) is 18.3 Å². The molecule has 0 atom stereocenters. The molecule has 1 aromatic carbocycles. The van der Waals surface area contributed by atoms with Crippen molar-refractivity contribution in [1.29, 1.82) is 0 Å². The zero-order valence-electron chi connectivity index (χ0n) is 14.8. The lowest BCUT2D eigenvalue weighted by atomic mass is 10.2. The third-order valence-corrected chi connectivity index (χ3v) is 4.75. The second kappa shape index (κ2) is 7.43. The molecule has 0 radical (unpaired) electrons. The third-order valence-electron chi connectivity index (χ3n) is 4.19. The SMILES string of the molecule is O=C(O)c1nn(-c2cc(Cl)c(Oc3ncc(O)c(C4CC4)n3)c(Cl)c2)c(=O)[nH]c1=O. The average Bonchev–Trinajstić information content (AvgIpc) is 3.50. The summed E-state index contributed by atoms with van der Waals surface area (Å²) in [5.74, 6) is -1.52. The van der Waals surface area contributed by atoms with Gasteiger partial charge in [-0.2, -0.15) is 19.7 Å². The number of nitrogens with zero attached hydrogens (tertiary/aromatic N) is 4. The van der Waals surface area contributed by atoms with Crippen LogP contribution in [0.4, 0.5) is 0 Å². The van der Waals surface area contributed by atoms with Gasteiger partial charge in [0.1, 0.15) is 0 Å². The van der Waals surface area contributed by atoms with Gasteiger partial charge in [0.25, 0.3) is 5.56 Å². The largest absolute Gasteiger partial charge is 0.504 e. The minimum atomic E-state index is -1.61. The molecule has 11 nitrogen and oxygen atoms in total. The van der Waals surface area contributed by atoms with Gasteiger partial charge in [-0.1, -0.05) is 23.2 Å². The van der Waals surface area contributed by atoms with Crippen molar-refractivity contribution in [3.8, 4) is 23.2 Å². The molecule has 1 saturated carbocycles. The number of carboxylic acid groups (broad SMARTS) is 1. The number of aromatic carboxylic acids is 1. The Labute approximate surface area is 176 Å². The van der Waals surface area contributed by atoms with Gasteiger partial charge in [0.05, 0.1) is 27.6 Å². The van der Waals surface area contributed by atoms with E-state index in [9.17, 15) is 19.5 Å². The summed E-state index contributed by atoms with van der Waals surface area (Å²) in [5, 5.41) is 22.3. The summed E-state index contributed by atoms with van der Waals surface area (Å²) in [5.41, 5.74) is -2.55. The van der Waals surface area contributed by atoms with Crippen LogP contribution in [-0.4, -0.2) is 40.9 Å². The van der Waals surface area contributed by atoms with Gasteiger partial charge in [-0.05, 0) is 25.0 Å². The van der Waals surface area contributed by atoms with Crippen LogP contribution in [0, 0.1) is 0 Å². The van der Waals surface area contributed by atoms with Crippen molar-refractivity contribution in [3.05, 3.63) is 60.6 Å². The van der Waals surface area contributed by atoms with Crippen molar-refractivity contribution in [2.24, 2.45) is 0 Å². The molecule has 30 heavy (non-hydrogen) atoms. The highest BCUT2D eigenvalue weighted by Crippen LogP contribution is 2.44. The maximum Gasteiger partial charge on any atom is 0.362 e. The highest BCUT2D eigenvalue weighted by molar-refractivity contribution is 6.37. The first kappa shape index (κ1) is 19.9. The molecule has 3 N–H and O–H groups in total. The number of carboxylic acids is 1. The summed E-state index contributed by atoms with van der Waals surface area (Å²) in [4.78, 5) is 44.6. The van der Waals surface area contributed by atoms with Crippen LogP contribution in [-0.2, 0) is 0 Å². The molecule has 0 amide bonds. The number of carbonyl (C=O) groups is 1. The Morgan fingerprint density at radius 3 is 2.50 bits per heavy atom. The fourth-order valence-corrected chi connectivity index (χ4v) is 3.20. The first-order valence-corrected chi connectivity index (χ1v) is 9.20. The third kappa shape index (κ3) is 3.72. The molecule has 13 heteroatoms. The van der Waals surface area contributed by atoms with Crippen molar-refractivity contribution >= 4 is 29.2 Å². The fraction of sp³-hybridized carbons (Fsp3) is 0.176. The molecule has 0 aliphatic heterocycles. The fourth-order valence-electron chi connectivity index (χ4n) is 2.65. The van der Waals surface area contributed by atoms with Crippen molar-refractivity contribution in [2.75, 3.05) is 0 Å². The number of aromatic nitrogens is 5. The number of halogens is 2. The summed E-state index contributed by atoms with van der Waals surface area (Å²) in [6.07, 6.45) is 3.02. The summed E-state index contributed by atoms with van der Waals surface area (Å²) in [7, 11) is 0. The van der Waals surface area contributed by atoms with Gasteiger partial charge in [-0.25, -0.2) is 9.59 Å². The zero-order valence-corrected chi connectivity index (χ0v) is 16.3. The van der Waals surface area contributed by atoms with Crippen molar-refractivity contribution in [1.82, 2.24) is 24.7 Å². The number of nitrogens with one attached hydrogen (secondary N) is 1. The van der Waals surface area contributed by atoms with Crippen LogP contribution in [0.1, 0.15) is 34.9 Å². The van der Waals surface area contributed by atoms with Gasteiger partial charge in [-0.3, -0.25) is 9.78 Å². The molecular formula is C17H11Cl2N5O6. The minimum absolute atomic E-state index is 0.00797. The van der Waals surface area contributed by atoms with Gasteiger partial charge < -0.3 is 14.9 Å². The van der Waals surface area contributed by atoms with E-state index in [4.69, 9.17) is 33.0 Å². The molecule has 4 rings (SSSR count). The molecule has 0 spiro atoms. The van der Waals surface area contributed by atoms with Crippen molar-refractivity contribution in [2.45, 2.75) is 18.8 Å². The molecule has 0 bridgehead atoms. The Morgan fingerprint density at radius 1 is 1.23 bits per heavy atom. The van der Waals surface area contributed by atoms with Gasteiger partial charge >= 0.3 is 17.7 Å². The number of rotatable bonds is 5. The number of benzene rings is 1. The van der Waals surface area contributed by atoms with Crippen molar-refractivity contribution in [3.63, 3.8) is 0 Å². The molecule has 154 valence electrons. The summed E-state index contributed by atoms with van der Waals surface area (Å²) in [6, 6.07) is 2.39. The van der Waals surface area contributed by atoms with E-state index in [1.54, 1.807) is 0 Å². The van der Waals surface area contributed by atoms with Crippen molar-refractivity contribution < 1.29 is 19.7 Å². The standard InChI is InChI=1S/C17H11Cl2N5O6/c18-8-3-7(24-17(29)22-14(26)12(23-24)15(27)28)4-9(19)13(8)30-16-20-5-10(25)11(21-16)6-1-2-6/h3-6,25H,1-2H2,(H,27,28)(H,22,26,29). The highest BCUT2D eigenvalue weighted by Gasteiger charge is 2.29. The van der Waals surface area contributed by atoms with Gasteiger partial charge in [0.2, 0.25) is 5.69 Å². The lowest BCUT2D eigenvalue weighted by molar-refractivity contribution is 0.0685. The smallest absolute Gasteiger partial charge is 0.362 e. The van der Waals surface area contributed by atoms with E-state index in [1.807, 2.05) is 4.98 Å². The molecule has 1 aliphatic rings. The van der Waals surface area contributed by atoms with E-state index in [2.05, 4.69) is 15.1 Å². The zero-order chi connectivity index (χ0) is 21.6.